The molecule has 2 aromatic rings. The summed E-state index contributed by atoms with van der Waals surface area (Å²) in [7, 11) is 1.60. The van der Waals surface area contributed by atoms with E-state index < -0.39 is 0 Å². The second-order valence-corrected chi connectivity index (χ2v) is 13.8. The van der Waals surface area contributed by atoms with Crippen molar-refractivity contribution in [1.29, 1.82) is 5.41 Å². The third-order valence-electron chi connectivity index (χ3n) is 10.3. The topological polar surface area (TPSA) is 134 Å². The van der Waals surface area contributed by atoms with Crippen LogP contribution in [0.1, 0.15) is 56.2 Å². The van der Waals surface area contributed by atoms with E-state index in [1.54, 1.807) is 18.2 Å². The molecule has 1 aliphatic carbocycles. The second kappa shape index (κ2) is 15.4. The lowest BCUT2D eigenvalue weighted by Crippen LogP contribution is -2.57. The number of carbonyl (C=O) groups excluding carboxylic acids is 1. The summed E-state index contributed by atoms with van der Waals surface area (Å²) in [4.78, 5) is 26.2. The number of hydrogen-bond acceptors (Lipinski definition) is 10. The van der Waals surface area contributed by atoms with E-state index >= 15 is 0 Å². The molecule has 13 heteroatoms. The molecule has 3 heterocycles. The number of nitrogens with one attached hydrogen (secondary N) is 4. The number of methoxy groups -OCH3 is 1. The van der Waals surface area contributed by atoms with Crippen molar-refractivity contribution < 1.29 is 14.4 Å². The zero-order chi connectivity index (χ0) is 34.7. The van der Waals surface area contributed by atoms with E-state index in [1.807, 2.05) is 37.3 Å². The predicted octanol–water partition coefficient (Wildman–Crippen LogP) is 4.99. The first kappa shape index (κ1) is 35.0. The number of amidine groups is 1. The van der Waals surface area contributed by atoms with Gasteiger partial charge >= 0.3 is 0 Å². The van der Waals surface area contributed by atoms with Gasteiger partial charge in [0.1, 0.15) is 17.4 Å². The largest absolute Gasteiger partial charge is 0.494 e. The molecule has 1 saturated carbocycles. The summed E-state index contributed by atoms with van der Waals surface area (Å²) in [6, 6.07) is 11.4. The number of piperazine rings is 1. The van der Waals surface area contributed by atoms with Crippen LogP contribution in [0.4, 0.5) is 17.1 Å². The van der Waals surface area contributed by atoms with Gasteiger partial charge in [-0.25, -0.2) is 10.9 Å². The molecule has 0 unspecified atom stereocenters. The maximum absolute atomic E-state index is 12.6. The van der Waals surface area contributed by atoms with Crippen LogP contribution in [0.2, 0.25) is 5.02 Å². The van der Waals surface area contributed by atoms with E-state index in [0.29, 0.717) is 46.7 Å². The molecule has 2 aromatic carbocycles. The van der Waals surface area contributed by atoms with Gasteiger partial charge in [-0.15, -0.1) is 0 Å². The Labute approximate surface area is 294 Å². The standard InChI is InChI=1S/C36H50ClN9O3/c1-5-36(47)41-29-19-30(40-34(38)21-35(42-39)46-31(13-18-49-46)27-7-6-8-28(37)24(27)3)33(48-4)20-32(29)43-14-11-25(12-15-43)44-16-17-45(23(2)22-44)26-9-10-26/h5-8,19-21,23,25-26,31,42H,1,9-18,22,39H2,2-4H3,(H2,38,40)(H,41,47)/b35-21+/t23-,31-/m1/s1. The minimum Gasteiger partial charge on any atom is -0.494 e. The molecule has 6 rings (SSSR count). The molecule has 3 saturated heterocycles. The lowest BCUT2D eigenvalue weighted by Gasteiger charge is -2.46. The Morgan fingerprint density at radius 1 is 1.08 bits per heavy atom. The average molecular weight is 692 g/mol. The summed E-state index contributed by atoms with van der Waals surface area (Å²) < 4.78 is 5.82. The average Bonchev–Trinajstić information content (AvgIpc) is 3.84. The van der Waals surface area contributed by atoms with Crippen LogP contribution in [0.25, 0.3) is 0 Å². The van der Waals surface area contributed by atoms with Gasteiger partial charge < -0.3 is 25.7 Å². The Morgan fingerprint density at radius 3 is 2.53 bits per heavy atom. The Morgan fingerprint density at radius 2 is 1.86 bits per heavy atom. The Bertz CT molecular complexity index is 1570. The normalized spacial score (nSPS) is 22.6. The zero-order valence-corrected chi connectivity index (χ0v) is 29.6. The molecular formula is C36H50ClN9O3. The van der Waals surface area contributed by atoms with Crippen LogP contribution >= 0.6 is 11.6 Å². The molecule has 0 bridgehead atoms. The summed E-state index contributed by atoms with van der Waals surface area (Å²) in [5, 5.41) is 17.3. The first-order valence-corrected chi connectivity index (χ1v) is 17.7. The van der Waals surface area contributed by atoms with Gasteiger partial charge in [-0.2, -0.15) is 0 Å². The van der Waals surface area contributed by atoms with Gasteiger partial charge in [0.15, 0.2) is 0 Å². The second-order valence-electron chi connectivity index (χ2n) is 13.4. The predicted molar refractivity (Wildman–Crippen MR) is 196 cm³/mol. The number of hydrogen-bond donors (Lipinski definition) is 5. The molecule has 4 aliphatic rings. The highest BCUT2D eigenvalue weighted by Gasteiger charge is 2.38. The van der Waals surface area contributed by atoms with Crippen LogP contribution in [-0.4, -0.2) is 91.2 Å². The van der Waals surface area contributed by atoms with E-state index in [-0.39, 0.29) is 17.8 Å². The van der Waals surface area contributed by atoms with E-state index in [9.17, 15) is 4.79 Å². The van der Waals surface area contributed by atoms with Crippen LogP contribution in [0.3, 0.4) is 0 Å². The van der Waals surface area contributed by atoms with Gasteiger partial charge in [-0.05, 0) is 68.9 Å². The maximum atomic E-state index is 12.6. The number of amides is 1. The minimum absolute atomic E-state index is 0.0360. The van der Waals surface area contributed by atoms with E-state index in [0.717, 1.165) is 74.8 Å². The smallest absolute Gasteiger partial charge is 0.247 e. The summed E-state index contributed by atoms with van der Waals surface area (Å²) >= 11 is 6.42. The van der Waals surface area contributed by atoms with Gasteiger partial charge in [0, 0.05) is 74.4 Å². The number of nitrogens with zero attached hydrogens (tertiary/aromatic N) is 4. The van der Waals surface area contributed by atoms with Gasteiger partial charge in [-0.1, -0.05) is 30.3 Å². The minimum atomic E-state index is -0.312. The van der Waals surface area contributed by atoms with Gasteiger partial charge in [-0.3, -0.25) is 24.8 Å². The van der Waals surface area contributed by atoms with Crippen molar-refractivity contribution in [2.24, 2.45) is 5.84 Å². The summed E-state index contributed by atoms with van der Waals surface area (Å²) in [5.74, 6) is 6.63. The summed E-state index contributed by atoms with van der Waals surface area (Å²) in [6.45, 7) is 13.6. The van der Waals surface area contributed by atoms with Crippen molar-refractivity contribution in [1.82, 2.24) is 20.3 Å². The molecule has 264 valence electrons. The lowest BCUT2D eigenvalue weighted by molar-refractivity contribution is -0.111. The zero-order valence-electron chi connectivity index (χ0n) is 28.8. The molecule has 0 spiro atoms. The fourth-order valence-corrected chi connectivity index (χ4v) is 7.78. The quantitative estimate of drug-likeness (QED) is 0.0722. The fraction of sp³-hybridized carbons (Fsp3) is 0.500. The van der Waals surface area contributed by atoms with Gasteiger partial charge in [0.25, 0.3) is 0 Å². The third-order valence-corrected chi connectivity index (χ3v) is 10.7. The highest BCUT2D eigenvalue weighted by molar-refractivity contribution is 6.31. The molecular weight excluding hydrogens is 642 g/mol. The highest BCUT2D eigenvalue weighted by Crippen LogP contribution is 2.40. The lowest BCUT2D eigenvalue weighted by atomic mass is 9.99. The maximum Gasteiger partial charge on any atom is 0.247 e. The van der Waals surface area contributed by atoms with Crippen LogP contribution in [0.5, 0.6) is 5.75 Å². The Hall–Kier alpha value is -3.81. The van der Waals surface area contributed by atoms with Crippen LogP contribution in [0, 0.1) is 12.3 Å². The van der Waals surface area contributed by atoms with Crippen molar-refractivity contribution in [2.75, 3.05) is 62.0 Å². The SMILES string of the molecule is C=CC(=O)Nc1cc(NC(=N)/C=C(\NN)N2OCC[C@@H]2c2cccc(Cl)c2C)c(OC)cc1N1CCC(N2CCN(C3CC3)[C@H](C)C2)CC1. The number of ether oxygens (including phenoxy) is 1. The molecule has 49 heavy (non-hydrogen) atoms. The molecule has 0 radical (unpaired) electrons. The van der Waals surface area contributed by atoms with E-state index in [1.165, 1.54) is 18.9 Å². The fourth-order valence-electron chi connectivity index (χ4n) is 7.59. The van der Waals surface area contributed by atoms with Crippen LogP contribution < -0.4 is 31.5 Å². The molecule has 1 amide bonds. The number of nitrogens with two attached hydrogens (primary N) is 1. The summed E-state index contributed by atoms with van der Waals surface area (Å²) in [5.41, 5.74) is 6.71. The molecule has 3 aliphatic heterocycles. The number of benzene rings is 2. The first-order valence-electron chi connectivity index (χ1n) is 17.3. The first-order chi connectivity index (χ1) is 23.7. The Kier molecular flexibility index (Phi) is 11.0. The molecule has 0 aromatic heterocycles. The van der Waals surface area contributed by atoms with Gasteiger partial charge in [0.2, 0.25) is 5.91 Å². The molecule has 2 atom stereocenters. The van der Waals surface area contributed by atoms with Crippen molar-refractivity contribution in [3.8, 4) is 5.75 Å². The molecule has 4 fully saturated rings. The van der Waals surface area contributed by atoms with E-state index in [4.69, 9.17) is 32.4 Å². The van der Waals surface area contributed by atoms with Crippen LogP contribution in [-0.2, 0) is 9.63 Å². The van der Waals surface area contributed by atoms with E-state index in [2.05, 4.69) is 44.3 Å². The Balaban J connectivity index is 1.17. The number of anilines is 3. The number of hydrazine groups is 1. The monoisotopic (exact) mass is 691 g/mol. The number of rotatable bonds is 11. The number of carbonyl (C=O) groups is 1. The molecule has 6 N–H and O–H groups in total. The van der Waals surface area contributed by atoms with Crippen molar-refractivity contribution in [3.63, 3.8) is 0 Å². The third kappa shape index (κ3) is 7.84. The number of hydroxylamine groups is 2. The highest BCUT2D eigenvalue weighted by atomic mass is 35.5. The number of piperidine rings is 1. The summed E-state index contributed by atoms with van der Waals surface area (Å²) in [6.07, 6.45) is 8.35. The van der Waals surface area contributed by atoms with Crippen molar-refractivity contribution >= 4 is 40.4 Å². The number of halogens is 1. The van der Waals surface area contributed by atoms with Crippen LogP contribution in [0.15, 0.2) is 54.9 Å². The van der Waals surface area contributed by atoms with Gasteiger partial charge in [0.05, 0.1) is 36.8 Å². The van der Waals surface area contributed by atoms with Crippen molar-refractivity contribution in [3.05, 3.63) is 71.0 Å². The van der Waals surface area contributed by atoms with Crippen molar-refractivity contribution in [2.45, 2.75) is 70.1 Å². The molecule has 12 nitrogen and oxygen atoms in total.